The number of unbranched alkanes of at least 4 members (excludes halogenated alkanes) is 6. The van der Waals surface area contributed by atoms with Crippen LogP contribution in [0, 0.1) is 0 Å². The van der Waals surface area contributed by atoms with E-state index in [0.29, 0.717) is 18.7 Å². The number of carboxylic acid groups (broad SMARTS) is 1. The Bertz CT molecular complexity index is 1110. The van der Waals surface area contributed by atoms with Crippen LogP contribution in [-0.2, 0) is 19.5 Å². The molecule has 0 amide bonds. The van der Waals surface area contributed by atoms with Gasteiger partial charge in [0.2, 0.25) is 0 Å². The first kappa shape index (κ1) is 25.5. The summed E-state index contributed by atoms with van der Waals surface area (Å²) in [4.78, 5) is 24.6. The molecule has 0 atom stereocenters. The van der Waals surface area contributed by atoms with Crippen molar-refractivity contribution in [3.8, 4) is 11.1 Å². The van der Waals surface area contributed by atoms with E-state index in [9.17, 15) is 14.7 Å². The van der Waals surface area contributed by atoms with E-state index in [1.165, 1.54) is 25.7 Å². The van der Waals surface area contributed by atoms with Gasteiger partial charge in [-0.3, -0.25) is 4.57 Å². The maximum atomic E-state index is 13.1. The highest BCUT2D eigenvalue weighted by molar-refractivity contribution is 5.95. The summed E-state index contributed by atoms with van der Waals surface area (Å²) in [6, 6.07) is 14.8. The first-order valence-electron chi connectivity index (χ1n) is 12.6. The molecule has 0 saturated heterocycles. The highest BCUT2D eigenvalue weighted by Crippen LogP contribution is 2.24. The molecule has 0 aliphatic rings. The van der Waals surface area contributed by atoms with Gasteiger partial charge in [0.05, 0.1) is 12.1 Å². The zero-order chi connectivity index (χ0) is 24.3. The van der Waals surface area contributed by atoms with E-state index in [4.69, 9.17) is 0 Å². The van der Waals surface area contributed by atoms with Crippen LogP contribution in [0.5, 0.6) is 0 Å². The monoisotopic (exact) mass is 463 g/mol. The van der Waals surface area contributed by atoms with Crippen molar-refractivity contribution in [3.63, 3.8) is 0 Å². The smallest absolute Gasteiger partial charge is 0.346 e. The van der Waals surface area contributed by atoms with Crippen LogP contribution in [0.3, 0.4) is 0 Å². The van der Waals surface area contributed by atoms with Crippen molar-refractivity contribution in [1.82, 2.24) is 14.3 Å². The van der Waals surface area contributed by atoms with Gasteiger partial charge in [0.1, 0.15) is 5.82 Å². The Hall–Kier alpha value is -3.15. The van der Waals surface area contributed by atoms with Gasteiger partial charge in [0.25, 0.3) is 0 Å². The van der Waals surface area contributed by atoms with Gasteiger partial charge in [0.15, 0.2) is 0 Å². The third-order valence-corrected chi connectivity index (χ3v) is 6.24. The molecule has 3 rings (SSSR count). The number of aryl methyl sites for hydroxylation is 2. The Balaban J connectivity index is 1.77. The van der Waals surface area contributed by atoms with Gasteiger partial charge in [-0.25, -0.2) is 14.3 Å². The van der Waals surface area contributed by atoms with Crippen molar-refractivity contribution in [2.75, 3.05) is 0 Å². The van der Waals surface area contributed by atoms with E-state index in [1.54, 1.807) is 16.8 Å². The summed E-state index contributed by atoms with van der Waals surface area (Å²) in [6.07, 6.45) is 9.98. The number of rotatable bonds is 14. The number of nitrogens with zero attached hydrogens (tertiary/aromatic N) is 3. The van der Waals surface area contributed by atoms with E-state index in [0.717, 1.165) is 49.1 Å². The Morgan fingerprint density at radius 2 is 1.56 bits per heavy atom. The highest BCUT2D eigenvalue weighted by atomic mass is 16.4. The van der Waals surface area contributed by atoms with Crippen molar-refractivity contribution in [1.29, 1.82) is 0 Å². The molecule has 6 nitrogen and oxygen atoms in total. The molecule has 1 N–H and O–H groups in total. The first-order valence-corrected chi connectivity index (χ1v) is 12.6. The van der Waals surface area contributed by atoms with Crippen molar-refractivity contribution in [2.24, 2.45) is 0 Å². The molecule has 34 heavy (non-hydrogen) atoms. The van der Waals surface area contributed by atoms with E-state index >= 15 is 0 Å². The van der Waals surface area contributed by atoms with Gasteiger partial charge in [0, 0.05) is 13.0 Å². The lowest BCUT2D eigenvalue weighted by molar-refractivity contribution is 0.0697. The summed E-state index contributed by atoms with van der Waals surface area (Å²) in [6.45, 7) is 5.45. The van der Waals surface area contributed by atoms with Crippen LogP contribution in [0.25, 0.3) is 11.1 Å². The van der Waals surface area contributed by atoms with Crippen molar-refractivity contribution in [2.45, 2.75) is 84.7 Å². The maximum absolute atomic E-state index is 13.1. The Morgan fingerprint density at radius 1 is 0.882 bits per heavy atom. The topological polar surface area (TPSA) is 77.1 Å². The molecule has 0 spiro atoms. The van der Waals surface area contributed by atoms with Crippen molar-refractivity contribution in [3.05, 3.63) is 76.0 Å². The number of hydrogen-bond acceptors (Lipinski definition) is 3. The van der Waals surface area contributed by atoms with Crippen LogP contribution in [0.15, 0.2) is 53.3 Å². The number of carboxylic acids is 1. The minimum absolute atomic E-state index is 0.0465. The predicted molar refractivity (Wildman–Crippen MR) is 136 cm³/mol. The molecule has 6 heteroatoms. The highest BCUT2D eigenvalue weighted by Gasteiger charge is 2.14. The maximum Gasteiger partial charge on any atom is 0.346 e. The van der Waals surface area contributed by atoms with Gasteiger partial charge in [-0.05, 0) is 35.6 Å². The molecule has 1 aromatic heterocycles. The lowest BCUT2D eigenvalue weighted by Crippen LogP contribution is -2.26. The van der Waals surface area contributed by atoms with E-state index in [2.05, 4.69) is 18.9 Å². The van der Waals surface area contributed by atoms with Crippen LogP contribution >= 0.6 is 0 Å². The van der Waals surface area contributed by atoms with E-state index in [1.807, 2.05) is 41.0 Å². The van der Waals surface area contributed by atoms with Crippen LogP contribution in [0.2, 0.25) is 0 Å². The molecule has 1 heterocycles. The minimum Gasteiger partial charge on any atom is -0.478 e. The number of aromatic nitrogens is 3. The molecular weight excluding hydrogens is 426 g/mol. The number of hydrogen-bond donors (Lipinski definition) is 1. The van der Waals surface area contributed by atoms with Gasteiger partial charge in [-0.2, -0.15) is 5.10 Å². The molecule has 0 saturated carbocycles. The quantitative estimate of drug-likeness (QED) is 0.290. The predicted octanol–water partition coefficient (Wildman–Crippen LogP) is 6.16. The van der Waals surface area contributed by atoms with E-state index in [-0.39, 0.29) is 11.3 Å². The molecule has 0 fully saturated rings. The van der Waals surface area contributed by atoms with Crippen LogP contribution in [0.4, 0.5) is 0 Å². The molecule has 182 valence electrons. The van der Waals surface area contributed by atoms with Gasteiger partial charge in [-0.15, -0.1) is 0 Å². The molecular formula is C28H37N3O3. The normalized spacial score (nSPS) is 11.1. The number of carbonyl (C=O) groups is 1. The zero-order valence-corrected chi connectivity index (χ0v) is 20.5. The average molecular weight is 464 g/mol. The second-order valence-corrected chi connectivity index (χ2v) is 8.93. The lowest BCUT2D eigenvalue weighted by Gasteiger charge is -2.09. The Kier molecular flexibility index (Phi) is 9.68. The summed E-state index contributed by atoms with van der Waals surface area (Å²) in [5.41, 5.74) is 2.77. The van der Waals surface area contributed by atoms with Crippen molar-refractivity contribution < 1.29 is 9.90 Å². The van der Waals surface area contributed by atoms with Crippen LogP contribution in [-0.4, -0.2) is 25.4 Å². The minimum atomic E-state index is -0.940. The second kappa shape index (κ2) is 12.9. The molecule has 0 bridgehead atoms. The molecule has 2 aromatic carbocycles. The zero-order valence-electron chi connectivity index (χ0n) is 20.5. The van der Waals surface area contributed by atoms with Crippen LogP contribution in [0.1, 0.15) is 87.0 Å². The lowest BCUT2D eigenvalue weighted by atomic mass is 9.99. The summed E-state index contributed by atoms with van der Waals surface area (Å²) in [5.74, 6) is -0.0815. The second-order valence-electron chi connectivity index (χ2n) is 8.93. The fourth-order valence-electron chi connectivity index (χ4n) is 4.24. The fourth-order valence-corrected chi connectivity index (χ4v) is 4.24. The third kappa shape index (κ3) is 6.69. The molecule has 0 aliphatic carbocycles. The van der Waals surface area contributed by atoms with Gasteiger partial charge in [-0.1, -0.05) is 94.8 Å². The number of aromatic carboxylic acids is 1. The van der Waals surface area contributed by atoms with E-state index < -0.39 is 5.97 Å². The Labute approximate surface area is 202 Å². The summed E-state index contributed by atoms with van der Waals surface area (Å²) in [5, 5.41) is 14.2. The summed E-state index contributed by atoms with van der Waals surface area (Å²) < 4.78 is 3.43. The summed E-state index contributed by atoms with van der Waals surface area (Å²) >= 11 is 0. The summed E-state index contributed by atoms with van der Waals surface area (Å²) in [7, 11) is 0. The number of benzene rings is 2. The first-order chi connectivity index (χ1) is 16.5. The molecule has 0 aliphatic heterocycles. The Morgan fingerprint density at radius 3 is 2.26 bits per heavy atom. The fraction of sp³-hybridized carbons (Fsp3) is 0.464. The third-order valence-electron chi connectivity index (χ3n) is 6.24. The SMILES string of the molecule is CCCCCCCCc1nn(CCCC)c(=O)n1Cc1ccc(-c2ccccc2C(=O)O)cc1. The largest absolute Gasteiger partial charge is 0.478 e. The van der Waals surface area contributed by atoms with Gasteiger partial charge >= 0.3 is 11.7 Å². The standard InChI is InChI=1S/C28H37N3O3/c1-3-5-7-8-9-10-15-26-29-31(20-6-4-2)28(34)30(26)21-22-16-18-23(19-17-22)24-13-11-12-14-25(24)27(32)33/h11-14,16-19H,3-10,15,20-21H2,1-2H3,(H,32,33). The van der Waals surface area contributed by atoms with Crippen molar-refractivity contribution >= 4 is 5.97 Å². The molecule has 0 unspecified atom stereocenters. The molecule has 3 aromatic rings. The van der Waals surface area contributed by atoms with Gasteiger partial charge < -0.3 is 5.11 Å². The molecule has 0 radical (unpaired) electrons. The van der Waals surface area contributed by atoms with Crippen LogP contribution < -0.4 is 5.69 Å². The average Bonchev–Trinajstić information content (AvgIpc) is 3.14.